The first-order valence-corrected chi connectivity index (χ1v) is 9.04. The van der Waals surface area contributed by atoms with Crippen molar-refractivity contribution in [1.29, 1.82) is 0 Å². The predicted molar refractivity (Wildman–Crippen MR) is 100 cm³/mol. The second-order valence-corrected chi connectivity index (χ2v) is 6.89. The fourth-order valence-corrected chi connectivity index (χ4v) is 3.41. The third-order valence-corrected chi connectivity index (χ3v) is 4.89. The summed E-state index contributed by atoms with van der Waals surface area (Å²) >= 11 is 0. The summed E-state index contributed by atoms with van der Waals surface area (Å²) < 4.78 is 27.4. The summed E-state index contributed by atoms with van der Waals surface area (Å²) in [7, 11) is 0. The molecule has 7 heteroatoms. The first-order chi connectivity index (χ1) is 13.1. The molecule has 3 aromatic rings. The highest BCUT2D eigenvalue weighted by Gasteiger charge is 2.16. The number of halogens is 2. The zero-order valence-corrected chi connectivity index (χ0v) is 14.7. The molecule has 5 nitrogen and oxygen atoms in total. The van der Waals surface area contributed by atoms with Crippen LogP contribution in [0.15, 0.2) is 36.4 Å². The number of carbonyl (C=O) groups excluding carboxylic acids is 1. The molecule has 1 atom stereocenters. The van der Waals surface area contributed by atoms with Gasteiger partial charge in [0.1, 0.15) is 17.5 Å². The van der Waals surface area contributed by atoms with E-state index in [2.05, 4.69) is 20.6 Å². The molecule has 3 N–H and O–H groups in total. The number of hydrogen-bond acceptors (Lipinski definition) is 3. The Kier molecular flexibility index (Phi) is 4.85. The van der Waals surface area contributed by atoms with Crippen LogP contribution < -0.4 is 10.6 Å². The summed E-state index contributed by atoms with van der Waals surface area (Å²) in [5, 5.41) is 6.18. The van der Waals surface area contributed by atoms with Gasteiger partial charge in [0.05, 0.1) is 16.6 Å². The second kappa shape index (κ2) is 7.44. The lowest BCUT2D eigenvalue weighted by molar-refractivity contribution is -0.116. The van der Waals surface area contributed by atoms with Crippen molar-refractivity contribution in [2.24, 2.45) is 5.92 Å². The molecule has 140 valence electrons. The van der Waals surface area contributed by atoms with E-state index in [0.717, 1.165) is 44.1 Å². The summed E-state index contributed by atoms with van der Waals surface area (Å²) in [6.07, 6.45) is 2.47. The molecule has 1 unspecified atom stereocenters. The van der Waals surface area contributed by atoms with Crippen LogP contribution in [-0.4, -0.2) is 29.0 Å². The lowest BCUT2D eigenvalue weighted by Crippen LogP contribution is -2.14. The number of H-pyrrole nitrogens is 1. The standard InChI is InChI=1S/C20H20F2N4O/c21-13-2-4-16(22)15(9-13)20-25-17-5-3-14(10-18(17)26-20)24-19(27)6-1-12-7-8-23-11-12/h2-5,9-10,12,23H,1,6-8,11H2,(H,24,27)(H,25,26). The van der Waals surface area contributed by atoms with Crippen molar-refractivity contribution in [2.45, 2.75) is 19.3 Å². The number of carbonyl (C=O) groups is 1. The lowest BCUT2D eigenvalue weighted by Gasteiger charge is -2.08. The van der Waals surface area contributed by atoms with Crippen molar-refractivity contribution in [3.05, 3.63) is 48.0 Å². The summed E-state index contributed by atoms with van der Waals surface area (Å²) in [6, 6.07) is 8.48. The number of rotatable bonds is 5. The molecule has 1 saturated heterocycles. The minimum absolute atomic E-state index is 0.0304. The highest BCUT2D eigenvalue weighted by Crippen LogP contribution is 2.25. The molecule has 2 heterocycles. The van der Waals surface area contributed by atoms with Crippen LogP contribution in [0.5, 0.6) is 0 Å². The Hall–Kier alpha value is -2.80. The molecule has 1 aromatic heterocycles. The lowest BCUT2D eigenvalue weighted by atomic mass is 10.0. The normalized spacial score (nSPS) is 16.7. The topological polar surface area (TPSA) is 69.8 Å². The quantitative estimate of drug-likeness (QED) is 0.639. The molecule has 27 heavy (non-hydrogen) atoms. The third-order valence-electron chi connectivity index (χ3n) is 4.89. The maximum absolute atomic E-state index is 14.0. The number of imidazole rings is 1. The van der Waals surface area contributed by atoms with E-state index in [1.807, 2.05) is 0 Å². The molecule has 0 aliphatic carbocycles. The first kappa shape index (κ1) is 17.6. The largest absolute Gasteiger partial charge is 0.338 e. The van der Waals surface area contributed by atoms with Crippen LogP contribution >= 0.6 is 0 Å². The summed E-state index contributed by atoms with van der Waals surface area (Å²) in [5.74, 6) is -0.298. The van der Waals surface area contributed by atoms with E-state index in [9.17, 15) is 13.6 Å². The number of hydrogen-bond donors (Lipinski definition) is 3. The predicted octanol–water partition coefficient (Wildman–Crippen LogP) is 3.84. The minimum atomic E-state index is -0.551. The Morgan fingerprint density at radius 1 is 1.22 bits per heavy atom. The van der Waals surface area contributed by atoms with E-state index in [-0.39, 0.29) is 17.3 Å². The van der Waals surface area contributed by atoms with Gasteiger partial charge in [-0.2, -0.15) is 0 Å². The Morgan fingerprint density at radius 2 is 2.11 bits per heavy atom. The number of nitrogens with one attached hydrogen (secondary N) is 3. The van der Waals surface area contributed by atoms with Crippen LogP contribution in [0.2, 0.25) is 0 Å². The van der Waals surface area contributed by atoms with Gasteiger partial charge in [-0.3, -0.25) is 4.79 Å². The summed E-state index contributed by atoms with van der Waals surface area (Å²) in [6.45, 7) is 2.00. The molecule has 1 amide bonds. The van der Waals surface area contributed by atoms with E-state index in [0.29, 0.717) is 29.1 Å². The average Bonchev–Trinajstić information content (AvgIpc) is 3.31. The molecule has 0 spiro atoms. The number of nitrogens with zero attached hydrogens (tertiary/aromatic N) is 1. The van der Waals surface area contributed by atoms with Crippen molar-refractivity contribution in [2.75, 3.05) is 18.4 Å². The molecule has 1 aliphatic heterocycles. The fourth-order valence-electron chi connectivity index (χ4n) is 3.41. The number of fused-ring (bicyclic) bond motifs is 1. The SMILES string of the molecule is O=C(CCC1CCNC1)Nc1ccc2nc(-c3cc(F)ccc3F)[nH]c2c1. The number of amides is 1. The molecular weight excluding hydrogens is 350 g/mol. The number of aromatic amines is 1. The van der Waals surface area contributed by atoms with Gasteiger partial charge in [0.2, 0.25) is 5.91 Å². The van der Waals surface area contributed by atoms with Crippen LogP contribution in [0.4, 0.5) is 14.5 Å². The van der Waals surface area contributed by atoms with Gasteiger partial charge in [0.25, 0.3) is 0 Å². The van der Waals surface area contributed by atoms with Gasteiger partial charge in [-0.15, -0.1) is 0 Å². The van der Waals surface area contributed by atoms with Gasteiger partial charge in [-0.1, -0.05) is 0 Å². The molecule has 4 rings (SSSR count). The first-order valence-electron chi connectivity index (χ1n) is 9.04. The van der Waals surface area contributed by atoms with Gasteiger partial charge in [0.15, 0.2) is 0 Å². The monoisotopic (exact) mass is 370 g/mol. The van der Waals surface area contributed by atoms with Crippen molar-refractivity contribution < 1.29 is 13.6 Å². The van der Waals surface area contributed by atoms with Gasteiger partial charge >= 0.3 is 0 Å². The molecule has 2 aromatic carbocycles. The molecule has 0 radical (unpaired) electrons. The van der Waals surface area contributed by atoms with Crippen LogP contribution in [0.25, 0.3) is 22.4 Å². The zero-order chi connectivity index (χ0) is 18.8. The van der Waals surface area contributed by atoms with Crippen LogP contribution in [0.3, 0.4) is 0 Å². The highest BCUT2D eigenvalue weighted by atomic mass is 19.1. The molecule has 1 fully saturated rings. The minimum Gasteiger partial charge on any atom is -0.338 e. The molecule has 0 bridgehead atoms. The molecule has 0 saturated carbocycles. The second-order valence-electron chi connectivity index (χ2n) is 6.89. The Labute approximate surface area is 155 Å². The number of aromatic nitrogens is 2. The third kappa shape index (κ3) is 3.98. The number of anilines is 1. The van der Waals surface area contributed by atoms with Crippen molar-refractivity contribution in [3.63, 3.8) is 0 Å². The van der Waals surface area contributed by atoms with E-state index < -0.39 is 11.6 Å². The van der Waals surface area contributed by atoms with Crippen LogP contribution in [-0.2, 0) is 4.79 Å². The smallest absolute Gasteiger partial charge is 0.224 e. The van der Waals surface area contributed by atoms with E-state index in [1.54, 1.807) is 18.2 Å². The van der Waals surface area contributed by atoms with Crippen LogP contribution in [0, 0.1) is 17.6 Å². The molecule has 1 aliphatic rings. The summed E-state index contributed by atoms with van der Waals surface area (Å²) in [4.78, 5) is 19.5. The van der Waals surface area contributed by atoms with Gasteiger partial charge in [-0.25, -0.2) is 13.8 Å². The van der Waals surface area contributed by atoms with Crippen molar-refractivity contribution in [3.8, 4) is 11.4 Å². The average molecular weight is 370 g/mol. The van der Waals surface area contributed by atoms with Gasteiger partial charge in [-0.05, 0) is 68.2 Å². The van der Waals surface area contributed by atoms with Crippen LogP contribution in [0.1, 0.15) is 19.3 Å². The van der Waals surface area contributed by atoms with Crippen molar-refractivity contribution >= 4 is 22.6 Å². The fraction of sp³-hybridized carbons (Fsp3) is 0.300. The Balaban J connectivity index is 1.49. The van der Waals surface area contributed by atoms with Gasteiger partial charge < -0.3 is 15.6 Å². The maximum atomic E-state index is 14.0. The van der Waals surface area contributed by atoms with Crippen molar-refractivity contribution in [1.82, 2.24) is 15.3 Å². The number of benzene rings is 2. The maximum Gasteiger partial charge on any atom is 0.224 e. The summed E-state index contributed by atoms with van der Waals surface area (Å²) in [5.41, 5.74) is 1.98. The van der Waals surface area contributed by atoms with E-state index >= 15 is 0 Å². The Bertz CT molecular complexity index is 979. The van der Waals surface area contributed by atoms with Gasteiger partial charge in [0, 0.05) is 12.1 Å². The highest BCUT2D eigenvalue weighted by molar-refractivity contribution is 5.93. The van der Waals surface area contributed by atoms with E-state index in [4.69, 9.17) is 0 Å². The molecular formula is C20H20F2N4O. The zero-order valence-electron chi connectivity index (χ0n) is 14.7. The Morgan fingerprint density at radius 3 is 2.93 bits per heavy atom. The van der Waals surface area contributed by atoms with E-state index in [1.165, 1.54) is 0 Å².